The normalized spacial score (nSPS) is 10.1. The molecule has 0 heterocycles. The Morgan fingerprint density at radius 2 is 1.53 bits per heavy atom. The fourth-order valence-corrected chi connectivity index (χ4v) is 1.87. The highest BCUT2D eigenvalue weighted by molar-refractivity contribution is 5.91. The van der Waals surface area contributed by atoms with Crippen LogP contribution in [0.15, 0.2) is 42.5 Å². The van der Waals surface area contributed by atoms with Gasteiger partial charge in [-0.1, -0.05) is 18.2 Å². The molecule has 0 aliphatic heterocycles. The van der Waals surface area contributed by atoms with Gasteiger partial charge in [-0.3, -0.25) is 5.41 Å². The third-order valence-corrected chi connectivity index (χ3v) is 2.95. The van der Waals surface area contributed by atoms with E-state index in [4.69, 9.17) is 14.9 Å². The van der Waals surface area contributed by atoms with E-state index in [0.29, 0.717) is 0 Å². The van der Waals surface area contributed by atoms with Gasteiger partial charge >= 0.3 is 0 Å². The molecule has 0 amide bonds. The third-order valence-electron chi connectivity index (χ3n) is 2.95. The smallest absolute Gasteiger partial charge is 0.212 e. The second-order valence-corrected chi connectivity index (χ2v) is 4.38. The van der Waals surface area contributed by atoms with E-state index in [0.717, 1.165) is 28.2 Å². The number of aryl methyl sites for hydroxylation is 2. The Kier molecular flexibility index (Phi) is 3.85. The average Bonchev–Trinajstić information content (AvgIpc) is 2.43. The molecule has 0 saturated heterocycles. The fraction of sp³-hybridized carbons (Fsp3) is 0.188. The topological polar surface area (TPSA) is 42.3 Å². The Morgan fingerprint density at radius 1 is 0.947 bits per heavy atom. The van der Waals surface area contributed by atoms with Crippen LogP contribution in [0.1, 0.15) is 16.7 Å². The van der Waals surface area contributed by atoms with Crippen LogP contribution in [-0.4, -0.2) is 13.0 Å². The van der Waals surface area contributed by atoms with E-state index < -0.39 is 0 Å². The highest BCUT2D eigenvalue weighted by Crippen LogP contribution is 2.28. The minimum Gasteiger partial charge on any atom is -0.481 e. The molecule has 0 unspecified atom stereocenters. The molecule has 0 aromatic heterocycles. The van der Waals surface area contributed by atoms with E-state index in [2.05, 4.69) is 0 Å². The van der Waals surface area contributed by atoms with Gasteiger partial charge in [0.05, 0.1) is 7.11 Å². The van der Waals surface area contributed by atoms with Gasteiger partial charge in [0, 0.05) is 5.56 Å². The lowest BCUT2D eigenvalue weighted by atomic mass is 10.1. The number of ether oxygens (including phenoxy) is 2. The van der Waals surface area contributed by atoms with Crippen molar-refractivity contribution in [3.63, 3.8) is 0 Å². The number of rotatable bonds is 3. The van der Waals surface area contributed by atoms with E-state index in [-0.39, 0.29) is 5.90 Å². The van der Waals surface area contributed by atoms with Crippen LogP contribution in [-0.2, 0) is 4.74 Å². The minimum absolute atomic E-state index is 0.152. The Labute approximate surface area is 113 Å². The second-order valence-electron chi connectivity index (χ2n) is 4.38. The van der Waals surface area contributed by atoms with Crippen molar-refractivity contribution in [1.82, 2.24) is 0 Å². The quantitative estimate of drug-likeness (QED) is 0.663. The zero-order valence-electron chi connectivity index (χ0n) is 11.4. The minimum atomic E-state index is 0.152. The molecular weight excluding hydrogens is 238 g/mol. The molecule has 0 atom stereocenters. The largest absolute Gasteiger partial charge is 0.481 e. The number of benzene rings is 2. The van der Waals surface area contributed by atoms with E-state index in [9.17, 15) is 0 Å². The summed E-state index contributed by atoms with van der Waals surface area (Å²) in [6.07, 6.45) is 0. The Morgan fingerprint density at radius 3 is 2.05 bits per heavy atom. The first-order valence-electron chi connectivity index (χ1n) is 6.09. The number of para-hydroxylation sites is 1. The fourth-order valence-electron chi connectivity index (χ4n) is 1.87. The van der Waals surface area contributed by atoms with Gasteiger partial charge in [0.25, 0.3) is 0 Å². The van der Waals surface area contributed by atoms with E-state index in [1.165, 1.54) is 7.11 Å². The van der Waals surface area contributed by atoms with Gasteiger partial charge in [-0.25, -0.2) is 0 Å². The Hall–Kier alpha value is -2.29. The van der Waals surface area contributed by atoms with Crippen LogP contribution in [0.25, 0.3) is 0 Å². The highest BCUT2D eigenvalue weighted by atomic mass is 16.5. The first-order valence-corrected chi connectivity index (χ1v) is 6.09. The van der Waals surface area contributed by atoms with Crippen molar-refractivity contribution in [2.45, 2.75) is 13.8 Å². The number of nitrogens with one attached hydrogen (secondary N) is 1. The van der Waals surface area contributed by atoms with Crippen molar-refractivity contribution in [3.8, 4) is 11.5 Å². The maximum absolute atomic E-state index is 7.58. The molecule has 3 heteroatoms. The van der Waals surface area contributed by atoms with E-state index in [1.807, 2.05) is 56.3 Å². The summed E-state index contributed by atoms with van der Waals surface area (Å²) in [5.74, 6) is 1.79. The summed E-state index contributed by atoms with van der Waals surface area (Å²) >= 11 is 0. The molecule has 1 N–H and O–H groups in total. The molecule has 0 bridgehead atoms. The zero-order chi connectivity index (χ0) is 13.8. The highest BCUT2D eigenvalue weighted by Gasteiger charge is 2.06. The van der Waals surface area contributed by atoms with Gasteiger partial charge in [-0.05, 0) is 49.2 Å². The van der Waals surface area contributed by atoms with Gasteiger partial charge in [-0.2, -0.15) is 0 Å². The van der Waals surface area contributed by atoms with Crippen molar-refractivity contribution in [2.75, 3.05) is 7.11 Å². The maximum Gasteiger partial charge on any atom is 0.212 e. The van der Waals surface area contributed by atoms with Crippen LogP contribution in [0.4, 0.5) is 0 Å². The van der Waals surface area contributed by atoms with Crippen LogP contribution >= 0.6 is 0 Å². The summed E-state index contributed by atoms with van der Waals surface area (Å²) in [5, 5.41) is 7.58. The molecule has 2 rings (SSSR count). The van der Waals surface area contributed by atoms with Crippen molar-refractivity contribution >= 4 is 5.90 Å². The van der Waals surface area contributed by atoms with Gasteiger partial charge in [-0.15, -0.1) is 0 Å². The summed E-state index contributed by atoms with van der Waals surface area (Å²) < 4.78 is 10.8. The average molecular weight is 255 g/mol. The maximum atomic E-state index is 7.58. The molecule has 2 aromatic carbocycles. The predicted molar refractivity (Wildman–Crippen MR) is 76.3 cm³/mol. The van der Waals surface area contributed by atoms with Crippen LogP contribution in [0.5, 0.6) is 11.5 Å². The molecular formula is C16H17NO2. The first-order chi connectivity index (χ1) is 9.11. The molecule has 0 fully saturated rings. The summed E-state index contributed by atoms with van der Waals surface area (Å²) in [6.45, 7) is 4.05. The standard InChI is InChI=1S/C16H17NO2/c1-11-5-4-6-12(2)15(11)19-14-9-7-13(8-10-14)16(17)18-3/h4-10,17H,1-3H3. The van der Waals surface area contributed by atoms with Crippen molar-refractivity contribution in [3.05, 3.63) is 59.2 Å². The Bertz CT molecular complexity index is 568. The van der Waals surface area contributed by atoms with Crippen LogP contribution < -0.4 is 4.74 Å². The number of hydrogen-bond acceptors (Lipinski definition) is 3. The number of methoxy groups -OCH3 is 1. The molecule has 0 aliphatic rings. The van der Waals surface area contributed by atoms with Crippen LogP contribution in [0.3, 0.4) is 0 Å². The molecule has 0 aliphatic carbocycles. The number of hydrogen-bond donors (Lipinski definition) is 1. The summed E-state index contributed by atoms with van der Waals surface area (Å²) in [4.78, 5) is 0. The van der Waals surface area contributed by atoms with Crippen molar-refractivity contribution in [1.29, 1.82) is 5.41 Å². The van der Waals surface area contributed by atoms with Gasteiger partial charge in [0.1, 0.15) is 11.5 Å². The van der Waals surface area contributed by atoms with Gasteiger partial charge < -0.3 is 9.47 Å². The lowest BCUT2D eigenvalue weighted by Crippen LogP contribution is -2.00. The molecule has 0 saturated carbocycles. The summed E-state index contributed by atoms with van der Waals surface area (Å²) in [5.41, 5.74) is 2.94. The van der Waals surface area contributed by atoms with Crippen molar-refractivity contribution in [2.24, 2.45) is 0 Å². The first kappa shape index (κ1) is 13.1. The molecule has 98 valence electrons. The van der Waals surface area contributed by atoms with Crippen LogP contribution in [0, 0.1) is 19.3 Å². The third kappa shape index (κ3) is 2.94. The predicted octanol–water partition coefficient (Wildman–Crippen LogP) is 4.07. The molecule has 19 heavy (non-hydrogen) atoms. The summed E-state index contributed by atoms with van der Waals surface area (Å²) in [6, 6.07) is 13.4. The molecule has 3 nitrogen and oxygen atoms in total. The Balaban J connectivity index is 2.22. The SMILES string of the molecule is COC(=N)c1ccc(Oc2c(C)cccc2C)cc1. The zero-order valence-corrected chi connectivity index (χ0v) is 11.4. The monoisotopic (exact) mass is 255 g/mol. The van der Waals surface area contributed by atoms with Crippen LogP contribution in [0.2, 0.25) is 0 Å². The molecule has 0 radical (unpaired) electrons. The molecule has 2 aromatic rings. The molecule has 0 spiro atoms. The lowest BCUT2D eigenvalue weighted by Gasteiger charge is -2.12. The van der Waals surface area contributed by atoms with Gasteiger partial charge in [0.15, 0.2) is 0 Å². The van der Waals surface area contributed by atoms with E-state index >= 15 is 0 Å². The van der Waals surface area contributed by atoms with Gasteiger partial charge in [0.2, 0.25) is 5.90 Å². The van der Waals surface area contributed by atoms with Crippen molar-refractivity contribution < 1.29 is 9.47 Å². The lowest BCUT2D eigenvalue weighted by molar-refractivity contribution is 0.401. The second kappa shape index (κ2) is 5.57. The van der Waals surface area contributed by atoms with E-state index in [1.54, 1.807) is 0 Å². The summed E-state index contributed by atoms with van der Waals surface area (Å²) in [7, 11) is 1.49.